The van der Waals surface area contributed by atoms with Crippen LogP contribution in [0.2, 0.25) is 5.02 Å². The summed E-state index contributed by atoms with van der Waals surface area (Å²) in [5.74, 6) is 0. The fourth-order valence-electron chi connectivity index (χ4n) is 5.68. The third kappa shape index (κ3) is 2.61. The minimum Gasteiger partial charge on any atom is -0.0894 e. The van der Waals surface area contributed by atoms with E-state index in [1.165, 1.54) is 54.3 Å². The Balaban J connectivity index is 1.57. The van der Waals surface area contributed by atoms with Gasteiger partial charge in [-0.05, 0) is 68.8 Å². The topological polar surface area (TPSA) is 0 Å². The first kappa shape index (κ1) is 19.2. The molecule has 0 nitrogen and oxygen atoms in total. The molecule has 1 heterocycles. The van der Waals surface area contributed by atoms with Gasteiger partial charge in [-0.1, -0.05) is 114 Å². The third-order valence-electron chi connectivity index (χ3n) is 7.03. The van der Waals surface area contributed by atoms with Gasteiger partial charge in [0.25, 0.3) is 0 Å². The van der Waals surface area contributed by atoms with Crippen LogP contribution < -0.4 is 0 Å². The Labute approximate surface area is 202 Å². The minimum absolute atomic E-state index is 0.303. The average Bonchev–Trinajstić information content (AvgIpc) is 3.16. The summed E-state index contributed by atoms with van der Waals surface area (Å²) in [5, 5.41) is 0.762. The normalized spacial score (nSPS) is 14.3. The molecule has 0 bridgehead atoms. The highest BCUT2D eigenvalue weighted by Gasteiger charge is 2.49. The maximum atomic E-state index is 6.14. The number of benzene rings is 5. The summed E-state index contributed by atoms with van der Waals surface area (Å²) < 4.78 is 0. The molecule has 1 spiro atoms. The number of halogens is 1. The average molecular weight is 459 g/mol. The van der Waals surface area contributed by atoms with Gasteiger partial charge in [0, 0.05) is 14.8 Å². The van der Waals surface area contributed by atoms with E-state index < -0.39 is 0 Å². The van der Waals surface area contributed by atoms with Crippen LogP contribution in [0.5, 0.6) is 0 Å². The van der Waals surface area contributed by atoms with E-state index in [-0.39, 0.29) is 5.41 Å². The van der Waals surface area contributed by atoms with Crippen molar-refractivity contribution in [2.75, 3.05) is 0 Å². The van der Waals surface area contributed by atoms with Crippen molar-refractivity contribution in [3.05, 3.63) is 143 Å². The van der Waals surface area contributed by atoms with E-state index in [1.54, 1.807) is 0 Å². The van der Waals surface area contributed by atoms with Crippen LogP contribution in [-0.4, -0.2) is 0 Å². The van der Waals surface area contributed by atoms with Crippen molar-refractivity contribution < 1.29 is 0 Å². The highest BCUT2D eigenvalue weighted by Crippen LogP contribution is 2.62. The second-order valence-electron chi connectivity index (χ2n) is 8.66. The highest BCUT2D eigenvalue weighted by atomic mass is 35.5. The molecule has 7 rings (SSSR count). The van der Waals surface area contributed by atoms with Crippen molar-refractivity contribution in [1.29, 1.82) is 0 Å². The molecule has 0 saturated heterocycles. The van der Waals surface area contributed by atoms with Gasteiger partial charge in [0.1, 0.15) is 0 Å². The number of rotatable bonds is 1. The fourth-order valence-corrected chi connectivity index (χ4v) is 7.04. The van der Waals surface area contributed by atoms with Crippen LogP contribution in [-0.2, 0) is 5.41 Å². The second-order valence-corrected chi connectivity index (χ2v) is 10.2. The van der Waals surface area contributed by atoms with Crippen LogP contribution in [0.15, 0.2) is 125 Å². The van der Waals surface area contributed by atoms with E-state index in [9.17, 15) is 0 Å². The standard InChI is InChI=1S/C31H19ClS/c32-22-16-13-20(14-17-22)21-15-18-28-30(19-21)33-29-12-6-5-11-27(29)31(28)25-9-3-1-7-23(25)24-8-2-4-10-26(24)31/h1-19H. The number of hydrogen-bond donors (Lipinski definition) is 0. The van der Waals surface area contributed by atoms with Crippen molar-refractivity contribution in [1.82, 2.24) is 0 Å². The van der Waals surface area contributed by atoms with E-state index in [0.29, 0.717) is 0 Å². The van der Waals surface area contributed by atoms with E-state index in [4.69, 9.17) is 11.6 Å². The zero-order valence-corrected chi connectivity index (χ0v) is 19.3. The maximum absolute atomic E-state index is 6.14. The first-order valence-electron chi connectivity index (χ1n) is 11.1. The molecular weight excluding hydrogens is 440 g/mol. The summed E-state index contributed by atoms with van der Waals surface area (Å²) in [6, 6.07) is 41.9. The number of fused-ring (bicyclic) bond motifs is 9. The fraction of sp³-hybridized carbons (Fsp3) is 0.0323. The Hall–Kier alpha value is -3.26. The Morgan fingerprint density at radius 1 is 0.485 bits per heavy atom. The van der Waals surface area contributed by atoms with Crippen LogP contribution in [0.3, 0.4) is 0 Å². The smallest absolute Gasteiger partial charge is 0.0735 e. The van der Waals surface area contributed by atoms with Crippen LogP contribution in [0.25, 0.3) is 22.3 Å². The zero-order chi connectivity index (χ0) is 22.0. The van der Waals surface area contributed by atoms with Gasteiger partial charge in [0.15, 0.2) is 0 Å². The molecule has 1 aliphatic carbocycles. The van der Waals surface area contributed by atoms with E-state index in [1.807, 2.05) is 23.9 Å². The summed E-state index contributed by atoms with van der Waals surface area (Å²) in [6.07, 6.45) is 0. The Morgan fingerprint density at radius 2 is 1.03 bits per heavy atom. The second kappa shape index (κ2) is 7.12. The summed E-state index contributed by atoms with van der Waals surface area (Å²) in [4.78, 5) is 2.64. The molecule has 0 saturated carbocycles. The van der Waals surface area contributed by atoms with Gasteiger partial charge in [-0.3, -0.25) is 0 Å². The number of hydrogen-bond acceptors (Lipinski definition) is 1. The lowest BCUT2D eigenvalue weighted by molar-refractivity contribution is 0.722. The molecule has 0 radical (unpaired) electrons. The van der Waals surface area contributed by atoms with Gasteiger partial charge in [-0.2, -0.15) is 0 Å². The summed E-state index contributed by atoms with van der Waals surface area (Å²) in [5.41, 5.74) is 10.3. The summed E-state index contributed by atoms with van der Waals surface area (Å²) in [7, 11) is 0. The van der Waals surface area contributed by atoms with Crippen molar-refractivity contribution in [2.45, 2.75) is 15.2 Å². The first-order valence-corrected chi connectivity index (χ1v) is 12.3. The Bertz CT molecular complexity index is 1500. The summed E-state index contributed by atoms with van der Waals surface area (Å²) in [6.45, 7) is 0. The molecule has 1 aliphatic heterocycles. The molecule has 0 atom stereocenters. The van der Waals surface area contributed by atoms with Crippen molar-refractivity contribution >= 4 is 23.4 Å². The quantitative estimate of drug-likeness (QED) is 0.237. The molecule has 0 amide bonds. The lowest BCUT2D eigenvalue weighted by atomic mass is 9.67. The highest BCUT2D eigenvalue weighted by molar-refractivity contribution is 7.99. The Morgan fingerprint density at radius 3 is 1.73 bits per heavy atom. The molecule has 2 heteroatoms. The van der Waals surface area contributed by atoms with Gasteiger partial charge in [-0.25, -0.2) is 0 Å². The van der Waals surface area contributed by atoms with E-state index in [0.717, 1.165) is 5.02 Å². The van der Waals surface area contributed by atoms with Gasteiger partial charge < -0.3 is 0 Å². The van der Waals surface area contributed by atoms with E-state index in [2.05, 4.69) is 103 Å². The predicted molar refractivity (Wildman–Crippen MR) is 138 cm³/mol. The molecule has 0 unspecified atom stereocenters. The molecule has 0 aromatic heterocycles. The summed E-state index contributed by atoms with van der Waals surface area (Å²) >= 11 is 8.02. The van der Waals surface area contributed by atoms with Crippen molar-refractivity contribution in [2.24, 2.45) is 0 Å². The van der Waals surface area contributed by atoms with Gasteiger partial charge in [0.05, 0.1) is 5.41 Å². The van der Waals surface area contributed by atoms with Gasteiger partial charge >= 0.3 is 0 Å². The van der Waals surface area contributed by atoms with Crippen molar-refractivity contribution in [3.8, 4) is 22.3 Å². The SMILES string of the molecule is Clc1ccc(-c2ccc3c(c2)Sc2ccccc2C32c3ccccc3-c3ccccc32)cc1. The van der Waals surface area contributed by atoms with Crippen LogP contribution >= 0.6 is 23.4 Å². The van der Waals surface area contributed by atoms with Crippen LogP contribution in [0, 0.1) is 0 Å². The van der Waals surface area contributed by atoms with Crippen LogP contribution in [0.4, 0.5) is 0 Å². The van der Waals surface area contributed by atoms with Gasteiger partial charge in [0.2, 0.25) is 0 Å². The van der Waals surface area contributed by atoms with E-state index >= 15 is 0 Å². The first-order chi connectivity index (χ1) is 16.3. The minimum atomic E-state index is -0.303. The molecule has 2 aliphatic rings. The lowest BCUT2D eigenvalue weighted by Gasteiger charge is -2.39. The maximum Gasteiger partial charge on any atom is 0.0735 e. The lowest BCUT2D eigenvalue weighted by Crippen LogP contribution is -2.31. The van der Waals surface area contributed by atoms with Crippen molar-refractivity contribution in [3.63, 3.8) is 0 Å². The largest absolute Gasteiger partial charge is 0.0894 e. The third-order valence-corrected chi connectivity index (χ3v) is 8.41. The Kier molecular flexibility index (Phi) is 4.15. The molecule has 0 fully saturated rings. The molecule has 33 heavy (non-hydrogen) atoms. The monoisotopic (exact) mass is 458 g/mol. The molecule has 5 aromatic rings. The molecule has 5 aromatic carbocycles. The predicted octanol–water partition coefficient (Wildman–Crippen LogP) is 8.83. The molecule has 156 valence electrons. The molecular formula is C31H19ClS. The zero-order valence-electron chi connectivity index (χ0n) is 17.8. The van der Waals surface area contributed by atoms with Crippen LogP contribution in [0.1, 0.15) is 22.3 Å². The van der Waals surface area contributed by atoms with Gasteiger partial charge in [-0.15, -0.1) is 0 Å². The molecule has 0 N–H and O–H groups in total.